The number of primary amides is 1. The molecule has 2 rings (SSSR count). The van der Waals surface area contributed by atoms with E-state index in [0.29, 0.717) is 5.69 Å². The average molecular weight is 404 g/mol. The number of sulfonamides is 1. The molecule has 0 saturated heterocycles. The first-order chi connectivity index (χ1) is 13.1. The third-order valence-electron chi connectivity index (χ3n) is 4.38. The van der Waals surface area contributed by atoms with Crippen LogP contribution in [0.2, 0.25) is 0 Å². The van der Waals surface area contributed by atoms with Crippen LogP contribution in [-0.4, -0.2) is 32.5 Å². The Kier molecular flexibility index (Phi) is 6.45. The van der Waals surface area contributed by atoms with Gasteiger partial charge in [-0.05, 0) is 49.6 Å². The summed E-state index contributed by atoms with van der Waals surface area (Å²) in [5.74, 6) is -1.22. The van der Waals surface area contributed by atoms with E-state index in [9.17, 15) is 18.0 Å². The molecule has 3 N–H and O–H groups in total. The lowest BCUT2D eigenvalue weighted by Crippen LogP contribution is -2.47. The third kappa shape index (κ3) is 4.69. The second-order valence-corrected chi connectivity index (χ2v) is 8.53. The van der Waals surface area contributed by atoms with Crippen molar-refractivity contribution in [2.45, 2.75) is 33.2 Å². The Morgan fingerprint density at radius 3 is 2.36 bits per heavy atom. The van der Waals surface area contributed by atoms with Gasteiger partial charge in [-0.15, -0.1) is 0 Å². The summed E-state index contributed by atoms with van der Waals surface area (Å²) in [6.07, 6.45) is 1.31. The molecule has 0 aromatic heterocycles. The zero-order valence-electron chi connectivity index (χ0n) is 16.4. The van der Waals surface area contributed by atoms with E-state index in [-0.39, 0.29) is 17.7 Å². The van der Waals surface area contributed by atoms with Crippen LogP contribution < -0.4 is 15.4 Å². The van der Waals surface area contributed by atoms with Gasteiger partial charge in [0.25, 0.3) is 5.91 Å². The summed E-state index contributed by atoms with van der Waals surface area (Å²) in [6, 6.07) is 10.8. The van der Waals surface area contributed by atoms with Gasteiger partial charge in [-0.1, -0.05) is 31.2 Å². The number of rotatable bonds is 7. The minimum Gasteiger partial charge on any atom is -0.366 e. The number of nitrogens with two attached hydrogens (primary N) is 1. The second kappa shape index (κ2) is 8.43. The predicted octanol–water partition coefficient (Wildman–Crippen LogP) is 2.59. The molecule has 0 radical (unpaired) electrons. The molecule has 0 spiro atoms. The maximum absolute atomic E-state index is 13.0. The Morgan fingerprint density at radius 2 is 1.79 bits per heavy atom. The summed E-state index contributed by atoms with van der Waals surface area (Å²) < 4.78 is 26.3. The van der Waals surface area contributed by atoms with Crippen molar-refractivity contribution in [1.82, 2.24) is 0 Å². The highest BCUT2D eigenvalue weighted by molar-refractivity contribution is 7.92. The van der Waals surface area contributed by atoms with Crippen molar-refractivity contribution < 1.29 is 18.0 Å². The number of para-hydroxylation sites is 1. The van der Waals surface area contributed by atoms with Crippen molar-refractivity contribution in [3.8, 4) is 0 Å². The molecule has 2 aromatic carbocycles. The Labute approximate surface area is 165 Å². The maximum Gasteiger partial charge on any atom is 0.250 e. The zero-order valence-corrected chi connectivity index (χ0v) is 17.2. The molecule has 150 valence electrons. The number of carbonyl (C=O) groups is 2. The molecule has 0 saturated carbocycles. The summed E-state index contributed by atoms with van der Waals surface area (Å²) >= 11 is 0. The molecular weight excluding hydrogens is 378 g/mol. The van der Waals surface area contributed by atoms with Crippen LogP contribution in [0.1, 0.15) is 34.8 Å². The van der Waals surface area contributed by atoms with E-state index >= 15 is 0 Å². The van der Waals surface area contributed by atoms with Crippen LogP contribution in [0.3, 0.4) is 0 Å². The Hall–Kier alpha value is -2.87. The van der Waals surface area contributed by atoms with Crippen LogP contribution in [0.25, 0.3) is 0 Å². The first-order valence-corrected chi connectivity index (χ1v) is 10.7. The van der Waals surface area contributed by atoms with Crippen LogP contribution in [0.5, 0.6) is 0 Å². The molecule has 2 aromatic rings. The smallest absolute Gasteiger partial charge is 0.250 e. The molecule has 0 fully saturated rings. The number of hydrogen-bond acceptors (Lipinski definition) is 4. The fraction of sp³-hybridized carbons (Fsp3) is 0.300. The van der Waals surface area contributed by atoms with Crippen molar-refractivity contribution in [2.24, 2.45) is 5.73 Å². The summed E-state index contributed by atoms with van der Waals surface area (Å²) in [5, 5.41) is 2.65. The molecule has 7 nitrogen and oxygen atoms in total. The second-order valence-electron chi connectivity index (χ2n) is 6.67. The van der Waals surface area contributed by atoms with Crippen molar-refractivity contribution >= 4 is 33.2 Å². The number of benzene rings is 2. The number of aryl methyl sites for hydroxylation is 2. The topological polar surface area (TPSA) is 110 Å². The van der Waals surface area contributed by atoms with Crippen LogP contribution >= 0.6 is 0 Å². The molecule has 28 heavy (non-hydrogen) atoms. The highest BCUT2D eigenvalue weighted by Crippen LogP contribution is 2.28. The molecule has 0 bridgehead atoms. The Bertz CT molecular complexity index is 1000. The number of carbonyl (C=O) groups excluding carboxylic acids is 2. The van der Waals surface area contributed by atoms with E-state index in [2.05, 4.69) is 5.32 Å². The number of nitrogens with zero attached hydrogens (tertiary/aromatic N) is 1. The SMILES string of the molecule is CC[C@@H](C(=O)Nc1ccccc1C(N)=O)N(c1cc(C)ccc1C)S(C)(=O)=O. The number of amides is 2. The fourth-order valence-electron chi connectivity index (χ4n) is 3.02. The maximum atomic E-state index is 13.0. The van der Waals surface area contributed by atoms with Gasteiger partial charge in [0.2, 0.25) is 15.9 Å². The predicted molar refractivity (Wildman–Crippen MR) is 111 cm³/mol. The summed E-state index contributed by atoms with van der Waals surface area (Å²) in [7, 11) is -3.75. The Balaban J connectivity index is 2.49. The van der Waals surface area contributed by atoms with E-state index in [1.165, 1.54) is 6.07 Å². The highest BCUT2D eigenvalue weighted by Gasteiger charge is 2.32. The van der Waals surface area contributed by atoms with Crippen molar-refractivity contribution in [1.29, 1.82) is 0 Å². The van der Waals surface area contributed by atoms with Crippen LogP contribution in [0, 0.1) is 13.8 Å². The lowest BCUT2D eigenvalue weighted by molar-refractivity contribution is -0.117. The zero-order chi connectivity index (χ0) is 21.1. The monoisotopic (exact) mass is 403 g/mol. The van der Waals surface area contributed by atoms with Gasteiger partial charge in [0.05, 0.1) is 23.2 Å². The first-order valence-electron chi connectivity index (χ1n) is 8.82. The lowest BCUT2D eigenvalue weighted by atomic mass is 10.1. The molecule has 0 aliphatic heterocycles. The van der Waals surface area contributed by atoms with Crippen LogP contribution in [0.4, 0.5) is 11.4 Å². The van der Waals surface area contributed by atoms with E-state index in [4.69, 9.17) is 5.73 Å². The molecule has 0 heterocycles. The van der Waals surface area contributed by atoms with Gasteiger partial charge in [0, 0.05) is 0 Å². The standard InChI is InChI=1S/C20H25N3O4S/c1-5-17(20(25)22-16-9-7-6-8-15(16)19(21)24)23(28(4,26)27)18-12-13(2)10-11-14(18)3/h6-12,17H,5H2,1-4H3,(H2,21,24)(H,22,25)/t17-/m0/s1. The Morgan fingerprint density at radius 1 is 1.14 bits per heavy atom. The molecule has 0 aliphatic rings. The molecule has 0 aliphatic carbocycles. The lowest BCUT2D eigenvalue weighted by Gasteiger charge is -2.31. The minimum atomic E-state index is -3.75. The van der Waals surface area contributed by atoms with E-state index < -0.39 is 27.9 Å². The van der Waals surface area contributed by atoms with Crippen molar-refractivity contribution in [2.75, 3.05) is 15.9 Å². The van der Waals surface area contributed by atoms with Crippen LogP contribution in [0.15, 0.2) is 42.5 Å². The van der Waals surface area contributed by atoms with E-state index in [0.717, 1.165) is 21.7 Å². The van der Waals surface area contributed by atoms with Gasteiger partial charge in [0.1, 0.15) is 6.04 Å². The van der Waals surface area contributed by atoms with E-state index in [1.807, 2.05) is 19.1 Å². The summed E-state index contributed by atoms with van der Waals surface area (Å²) in [6.45, 7) is 5.38. The molecular formula is C20H25N3O4S. The van der Waals surface area contributed by atoms with Gasteiger partial charge in [-0.25, -0.2) is 8.42 Å². The average Bonchev–Trinajstić information content (AvgIpc) is 2.61. The van der Waals surface area contributed by atoms with Crippen molar-refractivity contribution in [3.05, 3.63) is 59.2 Å². The van der Waals surface area contributed by atoms with Crippen LogP contribution in [-0.2, 0) is 14.8 Å². The number of anilines is 2. The van der Waals surface area contributed by atoms with Gasteiger partial charge in [-0.3, -0.25) is 13.9 Å². The molecule has 2 amide bonds. The fourth-order valence-corrected chi connectivity index (χ4v) is 4.28. The summed E-state index contributed by atoms with van der Waals surface area (Å²) in [5.41, 5.74) is 7.82. The first kappa shape index (κ1) is 21.4. The number of nitrogens with one attached hydrogen (secondary N) is 1. The largest absolute Gasteiger partial charge is 0.366 e. The van der Waals surface area contributed by atoms with Crippen molar-refractivity contribution in [3.63, 3.8) is 0 Å². The highest BCUT2D eigenvalue weighted by atomic mass is 32.2. The van der Waals surface area contributed by atoms with E-state index in [1.54, 1.807) is 38.1 Å². The molecule has 1 atom stereocenters. The van der Waals surface area contributed by atoms with Gasteiger partial charge in [0.15, 0.2) is 0 Å². The summed E-state index contributed by atoms with van der Waals surface area (Å²) in [4.78, 5) is 24.6. The van der Waals surface area contributed by atoms with Gasteiger partial charge < -0.3 is 11.1 Å². The normalized spacial score (nSPS) is 12.3. The number of hydrogen-bond donors (Lipinski definition) is 2. The van der Waals surface area contributed by atoms with Gasteiger partial charge >= 0.3 is 0 Å². The minimum absolute atomic E-state index is 0.156. The third-order valence-corrected chi connectivity index (χ3v) is 5.55. The molecule has 8 heteroatoms. The molecule has 0 unspecified atom stereocenters. The van der Waals surface area contributed by atoms with Gasteiger partial charge in [-0.2, -0.15) is 0 Å². The quantitative estimate of drug-likeness (QED) is 0.740.